The predicted molar refractivity (Wildman–Crippen MR) is 68.1 cm³/mol. The Morgan fingerprint density at radius 3 is 2.88 bits per heavy atom. The zero-order valence-electron chi connectivity index (χ0n) is 9.39. The molecule has 0 radical (unpaired) electrons. The molecule has 0 fully saturated rings. The van der Waals surface area contributed by atoms with E-state index < -0.39 is 0 Å². The largest absolute Gasteiger partial charge is 0.370 e. The topological polar surface area (TPSA) is 54.5 Å². The molecule has 0 amide bonds. The van der Waals surface area contributed by atoms with Crippen molar-refractivity contribution >= 4 is 21.9 Å². The molecule has 0 saturated heterocycles. The number of hydrogen-bond acceptors (Lipinski definition) is 4. The number of aromatic nitrogens is 1. The first-order valence-electron chi connectivity index (χ1n) is 5.28. The van der Waals surface area contributed by atoms with Crippen molar-refractivity contribution in [2.24, 2.45) is 10.7 Å². The van der Waals surface area contributed by atoms with E-state index in [1.165, 1.54) is 0 Å². The SMILES string of the molecule is CC(C)N1C(N)=NCC1c1cncc(Br)c1. The van der Waals surface area contributed by atoms with Crippen molar-refractivity contribution in [2.75, 3.05) is 6.54 Å². The minimum atomic E-state index is 0.213. The number of rotatable bonds is 2. The molecule has 4 nitrogen and oxygen atoms in total. The van der Waals surface area contributed by atoms with Crippen molar-refractivity contribution in [1.82, 2.24) is 9.88 Å². The molecule has 16 heavy (non-hydrogen) atoms. The van der Waals surface area contributed by atoms with Gasteiger partial charge in [0.15, 0.2) is 5.96 Å². The fourth-order valence-electron chi connectivity index (χ4n) is 2.01. The van der Waals surface area contributed by atoms with Crippen LogP contribution in [0, 0.1) is 0 Å². The molecule has 2 rings (SSSR count). The van der Waals surface area contributed by atoms with Gasteiger partial charge in [0.05, 0.1) is 12.6 Å². The van der Waals surface area contributed by atoms with E-state index >= 15 is 0 Å². The Labute approximate surface area is 104 Å². The van der Waals surface area contributed by atoms with Crippen molar-refractivity contribution in [3.63, 3.8) is 0 Å². The predicted octanol–water partition coefficient (Wildman–Crippen LogP) is 1.92. The van der Waals surface area contributed by atoms with E-state index in [4.69, 9.17) is 5.73 Å². The van der Waals surface area contributed by atoms with E-state index in [-0.39, 0.29) is 6.04 Å². The standard InChI is InChI=1S/C11H15BrN4/c1-7(2)16-10(6-15-11(16)13)8-3-9(12)5-14-4-8/h3-5,7,10H,6H2,1-2H3,(H2,13,15). The lowest BCUT2D eigenvalue weighted by Gasteiger charge is -2.30. The third-order valence-corrected chi connectivity index (χ3v) is 3.13. The smallest absolute Gasteiger partial charge is 0.192 e. The van der Waals surface area contributed by atoms with Crippen molar-refractivity contribution in [3.8, 4) is 0 Å². The third-order valence-electron chi connectivity index (χ3n) is 2.69. The van der Waals surface area contributed by atoms with E-state index in [2.05, 4.69) is 50.7 Å². The molecule has 2 N–H and O–H groups in total. The average Bonchev–Trinajstić information content (AvgIpc) is 2.60. The summed E-state index contributed by atoms with van der Waals surface area (Å²) >= 11 is 3.43. The van der Waals surface area contributed by atoms with Crippen LogP contribution in [0.1, 0.15) is 25.5 Å². The zero-order chi connectivity index (χ0) is 11.7. The molecule has 1 aliphatic heterocycles. The number of guanidine groups is 1. The Bertz CT molecular complexity index is 416. The summed E-state index contributed by atoms with van der Waals surface area (Å²) in [6.45, 7) is 4.94. The van der Waals surface area contributed by atoms with E-state index in [0.29, 0.717) is 18.5 Å². The molecule has 1 aliphatic rings. The average molecular weight is 283 g/mol. The van der Waals surface area contributed by atoms with Crippen LogP contribution >= 0.6 is 15.9 Å². The number of halogens is 1. The van der Waals surface area contributed by atoms with Gasteiger partial charge < -0.3 is 10.6 Å². The molecule has 1 aromatic heterocycles. The molecule has 0 spiro atoms. The van der Waals surface area contributed by atoms with Crippen LogP contribution in [0.25, 0.3) is 0 Å². The van der Waals surface area contributed by atoms with Crippen LogP contribution in [0.15, 0.2) is 27.9 Å². The van der Waals surface area contributed by atoms with Crippen molar-refractivity contribution < 1.29 is 0 Å². The van der Waals surface area contributed by atoms with Gasteiger partial charge in [-0.2, -0.15) is 0 Å². The number of pyridine rings is 1. The molecule has 86 valence electrons. The Morgan fingerprint density at radius 2 is 2.25 bits per heavy atom. The van der Waals surface area contributed by atoms with Gasteiger partial charge in [0.2, 0.25) is 0 Å². The number of hydrogen-bond donors (Lipinski definition) is 1. The van der Waals surface area contributed by atoms with Gasteiger partial charge in [0.25, 0.3) is 0 Å². The van der Waals surface area contributed by atoms with Crippen LogP contribution in [0.5, 0.6) is 0 Å². The Balaban J connectivity index is 2.29. The summed E-state index contributed by atoms with van der Waals surface area (Å²) in [5.41, 5.74) is 7.04. The van der Waals surface area contributed by atoms with Gasteiger partial charge >= 0.3 is 0 Å². The molecule has 0 aliphatic carbocycles. The third kappa shape index (κ3) is 2.04. The lowest BCUT2D eigenvalue weighted by atomic mass is 10.1. The molecular weight excluding hydrogens is 268 g/mol. The second kappa shape index (κ2) is 4.41. The van der Waals surface area contributed by atoms with Gasteiger partial charge in [-0.25, -0.2) is 0 Å². The first-order chi connectivity index (χ1) is 7.59. The maximum Gasteiger partial charge on any atom is 0.192 e. The van der Waals surface area contributed by atoms with Crippen LogP contribution in [0.4, 0.5) is 0 Å². The van der Waals surface area contributed by atoms with Gasteiger partial charge in [0, 0.05) is 22.9 Å². The molecule has 0 saturated carbocycles. The Morgan fingerprint density at radius 1 is 1.50 bits per heavy atom. The minimum absolute atomic E-state index is 0.213. The van der Waals surface area contributed by atoms with Gasteiger partial charge in [-0.05, 0) is 41.4 Å². The lowest BCUT2D eigenvalue weighted by molar-refractivity contribution is 0.289. The Hall–Kier alpha value is -1.10. The molecule has 0 aromatic carbocycles. The van der Waals surface area contributed by atoms with E-state index in [1.54, 1.807) is 6.20 Å². The van der Waals surface area contributed by atoms with Gasteiger partial charge in [-0.1, -0.05) is 0 Å². The molecule has 1 unspecified atom stereocenters. The van der Waals surface area contributed by atoms with E-state index in [9.17, 15) is 0 Å². The molecule has 2 heterocycles. The highest BCUT2D eigenvalue weighted by Crippen LogP contribution is 2.28. The maximum atomic E-state index is 5.89. The van der Waals surface area contributed by atoms with Gasteiger partial charge in [0.1, 0.15) is 0 Å². The molecule has 1 aromatic rings. The summed E-state index contributed by atoms with van der Waals surface area (Å²) < 4.78 is 0.985. The van der Waals surface area contributed by atoms with Crippen LogP contribution in [0.3, 0.4) is 0 Å². The molecule has 5 heteroatoms. The second-order valence-corrected chi connectivity index (χ2v) is 5.07. The zero-order valence-corrected chi connectivity index (χ0v) is 11.0. The number of aliphatic imine (C=N–C) groups is 1. The van der Waals surface area contributed by atoms with Crippen molar-refractivity contribution in [1.29, 1.82) is 0 Å². The fraction of sp³-hybridized carbons (Fsp3) is 0.455. The van der Waals surface area contributed by atoms with Crippen LogP contribution in [-0.2, 0) is 0 Å². The van der Waals surface area contributed by atoms with Crippen molar-refractivity contribution in [2.45, 2.75) is 25.9 Å². The molecule has 0 bridgehead atoms. The highest BCUT2D eigenvalue weighted by Gasteiger charge is 2.29. The first kappa shape index (κ1) is 11.4. The lowest BCUT2D eigenvalue weighted by Crippen LogP contribution is -2.40. The van der Waals surface area contributed by atoms with E-state index in [0.717, 1.165) is 10.0 Å². The van der Waals surface area contributed by atoms with Crippen LogP contribution < -0.4 is 5.73 Å². The quantitative estimate of drug-likeness (QED) is 0.902. The summed E-state index contributed by atoms with van der Waals surface area (Å²) in [6, 6.07) is 2.63. The summed E-state index contributed by atoms with van der Waals surface area (Å²) in [5, 5.41) is 0. The highest BCUT2D eigenvalue weighted by molar-refractivity contribution is 9.10. The van der Waals surface area contributed by atoms with Crippen LogP contribution in [-0.4, -0.2) is 28.4 Å². The van der Waals surface area contributed by atoms with Crippen LogP contribution in [0.2, 0.25) is 0 Å². The number of nitrogens with zero attached hydrogens (tertiary/aromatic N) is 3. The summed E-state index contributed by atoms with van der Waals surface area (Å²) in [5.74, 6) is 0.625. The summed E-state index contributed by atoms with van der Waals surface area (Å²) in [6.07, 6.45) is 3.65. The molecule has 1 atom stereocenters. The normalized spacial score (nSPS) is 20.4. The van der Waals surface area contributed by atoms with Gasteiger partial charge in [-0.15, -0.1) is 0 Å². The Kier molecular flexibility index (Phi) is 3.14. The van der Waals surface area contributed by atoms with E-state index in [1.807, 2.05) is 6.20 Å². The summed E-state index contributed by atoms with van der Waals surface area (Å²) in [7, 11) is 0. The fourth-order valence-corrected chi connectivity index (χ4v) is 2.39. The van der Waals surface area contributed by atoms with Gasteiger partial charge in [-0.3, -0.25) is 9.98 Å². The first-order valence-corrected chi connectivity index (χ1v) is 6.07. The minimum Gasteiger partial charge on any atom is -0.370 e. The number of nitrogens with two attached hydrogens (primary N) is 1. The summed E-state index contributed by atoms with van der Waals surface area (Å²) in [4.78, 5) is 10.6. The second-order valence-electron chi connectivity index (χ2n) is 4.15. The maximum absolute atomic E-state index is 5.89. The molecular formula is C11H15BrN4. The monoisotopic (exact) mass is 282 g/mol. The van der Waals surface area contributed by atoms with Crippen molar-refractivity contribution in [3.05, 3.63) is 28.5 Å². The highest BCUT2D eigenvalue weighted by atomic mass is 79.9.